The number of benzene rings is 1. The third kappa shape index (κ3) is 6.28. The molecule has 1 atom stereocenters. The largest absolute Gasteiger partial charge is 0.481 e. The molecule has 1 unspecified atom stereocenters. The van der Waals surface area contributed by atoms with Gasteiger partial charge in [0.2, 0.25) is 0 Å². The van der Waals surface area contributed by atoms with Crippen molar-refractivity contribution in [2.45, 2.75) is 38.7 Å². The van der Waals surface area contributed by atoms with Crippen molar-refractivity contribution in [1.82, 2.24) is 5.32 Å². The number of hydrogen-bond acceptors (Lipinski definition) is 5. The van der Waals surface area contributed by atoms with Gasteiger partial charge in [0.15, 0.2) is 0 Å². The third-order valence-electron chi connectivity index (χ3n) is 3.13. The van der Waals surface area contributed by atoms with Crippen molar-refractivity contribution in [3.63, 3.8) is 0 Å². The van der Waals surface area contributed by atoms with E-state index in [1.165, 1.54) is 19.2 Å². The smallest absolute Gasteiger partial charge is 0.407 e. The van der Waals surface area contributed by atoms with Gasteiger partial charge in [0.05, 0.1) is 18.6 Å². The minimum absolute atomic E-state index is 0.157. The van der Waals surface area contributed by atoms with E-state index in [9.17, 15) is 19.5 Å². The molecule has 7 nitrogen and oxygen atoms in total. The Balaban J connectivity index is 2.66. The highest BCUT2D eigenvalue weighted by atomic mass is 16.6. The number of nitrogens with one attached hydrogen (secondary N) is 1. The van der Waals surface area contributed by atoms with Crippen LogP contribution in [0, 0.1) is 0 Å². The maximum atomic E-state index is 11.6. The van der Waals surface area contributed by atoms with Crippen LogP contribution in [0.4, 0.5) is 4.79 Å². The summed E-state index contributed by atoms with van der Waals surface area (Å²) in [6, 6.07) is 6.16. The number of ether oxygens (including phenoxy) is 2. The lowest BCUT2D eigenvalue weighted by Crippen LogP contribution is -2.33. The van der Waals surface area contributed by atoms with Crippen molar-refractivity contribution in [3.05, 3.63) is 35.4 Å². The summed E-state index contributed by atoms with van der Waals surface area (Å²) < 4.78 is 9.69. The van der Waals surface area contributed by atoms with E-state index in [4.69, 9.17) is 4.74 Å². The molecule has 0 saturated heterocycles. The molecule has 0 bridgehead atoms. The molecule has 132 valence electrons. The molecule has 0 fully saturated rings. The first-order valence-electron chi connectivity index (χ1n) is 7.52. The molecule has 7 heteroatoms. The molecule has 0 aliphatic rings. The normalized spacial score (nSPS) is 12.2. The summed E-state index contributed by atoms with van der Waals surface area (Å²) in [5.41, 5.74) is 0.276. The lowest BCUT2D eigenvalue weighted by Gasteiger charge is -2.20. The fourth-order valence-corrected chi connectivity index (χ4v) is 2.03. The first kappa shape index (κ1) is 19.5. The van der Waals surface area contributed by atoms with Crippen LogP contribution >= 0.6 is 0 Å². The highest BCUT2D eigenvalue weighted by Crippen LogP contribution is 2.20. The number of amides is 1. The molecule has 24 heavy (non-hydrogen) atoms. The van der Waals surface area contributed by atoms with E-state index in [0.717, 1.165) is 0 Å². The standard InChI is InChI=1S/C17H23NO6/c1-17(2,3)24-16(22)18-10-9-13(14(19)20)11-5-7-12(8-6-11)15(21)23-4/h5-8,13H,9-10H2,1-4H3,(H,18,22)(H,19,20). The molecular formula is C17H23NO6. The molecule has 0 aliphatic heterocycles. The van der Waals surface area contributed by atoms with E-state index in [1.54, 1.807) is 32.9 Å². The van der Waals surface area contributed by atoms with Gasteiger partial charge in [0.25, 0.3) is 0 Å². The second-order valence-corrected chi connectivity index (χ2v) is 6.22. The maximum Gasteiger partial charge on any atom is 0.407 e. The zero-order chi connectivity index (χ0) is 18.3. The van der Waals surface area contributed by atoms with Gasteiger partial charge in [-0.05, 0) is 44.9 Å². The maximum absolute atomic E-state index is 11.6. The molecular weight excluding hydrogens is 314 g/mol. The lowest BCUT2D eigenvalue weighted by atomic mass is 9.95. The number of carboxylic acid groups (broad SMARTS) is 1. The quantitative estimate of drug-likeness (QED) is 0.774. The third-order valence-corrected chi connectivity index (χ3v) is 3.13. The van der Waals surface area contributed by atoms with Gasteiger partial charge >= 0.3 is 18.0 Å². The number of carbonyl (C=O) groups excluding carboxylic acids is 2. The van der Waals surface area contributed by atoms with Gasteiger partial charge in [-0.1, -0.05) is 12.1 Å². The Labute approximate surface area is 141 Å². The number of esters is 1. The van der Waals surface area contributed by atoms with Crippen molar-refractivity contribution in [1.29, 1.82) is 0 Å². The van der Waals surface area contributed by atoms with Gasteiger partial charge in [-0.2, -0.15) is 0 Å². The van der Waals surface area contributed by atoms with Crippen molar-refractivity contribution >= 4 is 18.0 Å². The van der Waals surface area contributed by atoms with Gasteiger partial charge < -0.3 is 19.9 Å². The van der Waals surface area contributed by atoms with Gasteiger partial charge in [0, 0.05) is 6.54 Å². The average Bonchev–Trinajstić information content (AvgIpc) is 2.49. The van der Waals surface area contributed by atoms with Crippen molar-refractivity contribution < 1.29 is 29.0 Å². The van der Waals surface area contributed by atoms with Gasteiger partial charge in [-0.15, -0.1) is 0 Å². The summed E-state index contributed by atoms with van der Waals surface area (Å²) in [5, 5.41) is 11.9. The van der Waals surface area contributed by atoms with Crippen LogP contribution in [-0.4, -0.2) is 42.4 Å². The molecule has 0 aromatic heterocycles. The zero-order valence-corrected chi connectivity index (χ0v) is 14.3. The zero-order valence-electron chi connectivity index (χ0n) is 14.3. The van der Waals surface area contributed by atoms with E-state index < -0.39 is 29.6 Å². The molecule has 0 heterocycles. The summed E-state index contributed by atoms with van der Waals surface area (Å²) in [4.78, 5) is 34.4. The molecule has 1 rings (SSSR count). The lowest BCUT2D eigenvalue weighted by molar-refractivity contribution is -0.139. The van der Waals surface area contributed by atoms with Crippen LogP contribution in [0.3, 0.4) is 0 Å². The van der Waals surface area contributed by atoms with E-state index in [2.05, 4.69) is 10.1 Å². The number of alkyl carbamates (subject to hydrolysis) is 1. The Kier molecular flexibility index (Phi) is 6.76. The second-order valence-electron chi connectivity index (χ2n) is 6.22. The van der Waals surface area contributed by atoms with E-state index in [-0.39, 0.29) is 13.0 Å². The average molecular weight is 337 g/mol. The van der Waals surface area contributed by atoms with Crippen LogP contribution < -0.4 is 5.32 Å². The number of rotatable bonds is 6. The molecule has 0 saturated carbocycles. The van der Waals surface area contributed by atoms with E-state index in [0.29, 0.717) is 11.1 Å². The van der Waals surface area contributed by atoms with Crippen LogP contribution in [0.15, 0.2) is 24.3 Å². The monoisotopic (exact) mass is 337 g/mol. The SMILES string of the molecule is COC(=O)c1ccc(C(CCNC(=O)OC(C)(C)C)C(=O)O)cc1. The van der Waals surface area contributed by atoms with Crippen LogP contribution in [0.2, 0.25) is 0 Å². The Bertz CT molecular complexity index is 588. The molecule has 1 aromatic rings. The van der Waals surface area contributed by atoms with Gasteiger partial charge in [-0.3, -0.25) is 4.79 Å². The number of carbonyl (C=O) groups is 3. The summed E-state index contributed by atoms with van der Waals surface area (Å²) in [6.45, 7) is 5.39. The molecule has 0 aliphatic carbocycles. The number of aliphatic carboxylic acids is 1. The highest BCUT2D eigenvalue weighted by molar-refractivity contribution is 5.89. The fraction of sp³-hybridized carbons (Fsp3) is 0.471. The topological polar surface area (TPSA) is 102 Å². The summed E-state index contributed by atoms with van der Waals surface area (Å²) in [5.74, 6) is -2.29. The predicted octanol–water partition coefficient (Wildman–Crippen LogP) is 2.56. The van der Waals surface area contributed by atoms with Crippen LogP contribution in [0.25, 0.3) is 0 Å². The van der Waals surface area contributed by atoms with Crippen LogP contribution in [0.1, 0.15) is 49.0 Å². The van der Waals surface area contributed by atoms with E-state index in [1.807, 2.05) is 0 Å². The molecule has 2 N–H and O–H groups in total. The fourth-order valence-electron chi connectivity index (χ4n) is 2.03. The van der Waals surface area contributed by atoms with E-state index >= 15 is 0 Å². The van der Waals surface area contributed by atoms with Crippen molar-refractivity contribution in [3.8, 4) is 0 Å². The predicted molar refractivity (Wildman–Crippen MR) is 87.0 cm³/mol. The Morgan fingerprint density at radius 3 is 2.21 bits per heavy atom. The first-order valence-corrected chi connectivity index (χ1v) is 7.52. The van der Waals surface area contributed by atoms with Gasteiger partial charge in [-0.25, -0.2) is 9.59 Å². The van der Waals surface area contributed by atoms with Crippen molar-refractivity contribution in [2.75, 3.05) is 13.7 Å². The molecule has 1 aromatic carbocycles. The molecule has 0 radical (unpaired) electrons. The summed E-state index contributed by atoms with van der Waals surface area (Å²) in [6.07, 6.45) is -0.390. The minimum Gasteiger partial charge on any atom is -0.481 e. The highest BCUT2D eigenvalue weighted by Gasteiger charge is 2.21. The van der Waals surface area contributed by atoms with Crippen molar-refractivity contribution in [2.24, 2.45) is 0 Å². The Morgan fingerprint density at radius 1 is 1.17 bits per heavy atom. The molecule has 1 amide bonds. The summed E-state index contributed by atoms with van der Waals surface area (Å²) in [7, 11) is 1.28. The number of hydrogen-bond donors (Lipinski definition) is 2. The Morgan fingerprint density at radius 2 is 1.75 bits per heavy atom. The summed E-state index contributed by atoms with van der Waals surface area (Å²) >= 11 is 0. The van der Waals surface area contributed by atoms with Gasteiger partial charge in [0.1, 0.15) is 5.60 Å². The molecule has 0 spiro atoms. The Hall–Kier alpha value is -2.57. The van der Waals surface area contributed by atoms with Crippen LogP contribution in [0.5, 0.6) is 0 Å². The second kappa shape index (κ2) is 8.33. The van der Waals surface area contributed by atoms with Crippen LogP contribution in [-0.2, 0) is 14.3 Å². The number of carboxylic acids is 1. The minimum atomic E-state index is -1.01. The number of methoxy groups -OCH3 is 1. The first-order chi connectivity index (χ1) is 11.1.